The second-order valence-corrected chi connectivity index (χ2v) is 12.7. The van der Waals surface area contributed by atoms with E-state index in [4.69, 9.17) is 9.73 Å². The Morgan fingerprint density at radius 2 is 1.98 bits per heavy atom. The highest BCUT2D eigenvalue weighted by molar-refractivity contribution is 6.21. The third-order valence-electron chi connectivity index (χ3n) is 9.23. The minimum absolute atomic E-state index is 0. The number of ketones is 1. The van der Waals surface area contributed by atoms with E-state index in [9.17, 15) is 4.79 Å². The molecule has 42 heavy (non-hydrogen) atoms. The van der Waals surface area contributed by atoms with Gasteiger partial charge in [0, 0.05) is 53.2 Å². The number of morpholine rings is 1. The van der Waals surface area contributed by atoms with Crippen molar-refractivity contribution in [3.05, 3.63) is 93.8 Å². The standard InChI is InChI=1S/C37H45N3O2.2H2/c1-8-27(28-10-9-24(2)17-28)22-39-26(4)33(23-38-7)36(41)25(3)18-29-19-30-21-37(5,6)34-12-11-31(34)32(30)20-35(29)40-13-15-42-16-14-40;;/h8,11-12,19-20,22-23,28H,2-3,9-10,13-18,21H2,1,4-7H3;2*1H/b27-8+,33-26-,38-23?,39-22-;;. The lowest BCUT2D eigenvalue weighted by Crippen LogP contribution is -2.37. The van der Waals surface area contributed by atoms with Crippen molar-refractivity contribution in [2.75, 3.05) is 38.3 Å². The van der Waals surface area contributed by atoms with Crippen molar-refractivity contribution in [3.63, 3.8) is 0 Å². The van der Waals surface area contributed by atoms with E-state index in [0.717, 1.165) is 44.3 Å². The van der Waals surface area contributed by atoms with Gasteiger partial charge in [-0.05, 0) is 95.9 Å². The molecular weight excluding hydrogens is 518 g/mol. The summed E-state index contributed by atoms with van der Waals surface area (Å²) in [5, 5.41) is 0. The number of rotatable bonds is 9. The second-order valence-electron chi connectivity index (χ2n) is 12.7. The van der Waals surface area contributed by atoms with Gasteiger partial charge in [-0.2, -0.15) is 0 Å². The molecule has 0 amide bonds. The summed E-state index contributed by atoms with van der Waals surface area (Å²) < 4.78 is 5.66. The third kappa shape index (κ3) is 5.98. The molecule has 1 heterocycles. The van der Waals surface area contributed by atoms with Crippen LogP contribution < -0.4 is 4.90 Å². The fourth-order valence-corrected chi connectivity index (χ4v) is 6.79. The Balaban J connectivity index is 0.00000264. The Kier molecular flexibility index (Phi) is 8.79. The average Bonchev–Trinajstić information content (AvgIpc) is 3.37. The van der Waals surface area contributed by atoms with Gasteiger partial charge in [0.15, 0.2) is 5.78 Å². The molecule has 0 radical (unpaired) electrons. The van der Waals surface area contributed by atoms with Gasteiger partial charge in [-0.15, -0.1) is 0 Å². The number of carbonyl (C=O) groups is 1. The van der Waals surface area contributed by atoms with Crippen LogP contribution in [0.2, 0.25) is 0 Å². The summed E-state index contributed by atoms with van der Waals surface area (Å²) in [6.07, 6.45) is 14.8. The van der Waals surface area contributed by atoms with Crippen molar-refractivity contribution in [2.45, 2.75) is 59.8 Å². The Morgan fingerprint density at radius 1 is 1.21 bits per heavy atom. The van der Waals surface area contributed by atoms with Crippen LogP contribution in [0.25, 0.3) is 5.57 Å². The van der Waals surface area contributed by atoms with Crippen LogP contribution in [0, 0.1) is 11.3 Å². The summed E-state index contributed by atoms with van der Waals surface area (Å²) >= 11 is 0. The highest BCUT2D eigenvalue weighted by Crippen LogP contribution is 2.49. The fraction of sp³-hybridized carbons (Fsp3) is 0.432. The molecule has 1 saturated carbocycles. The first-order chi connectivity index (χ1) is 20.1. The molecule has 5 nitrogen and oxygen atoms in total. The second kappa shape index (κ2) is 12.3. The molecular formula is C37H49N3O2. The maximum atomic E-state index is 13.9. The summed E-state index contributed by atoms with van der Waals surface area (Å²) in [5.74, 6) is 0.340. The van der Waals surface area contributed by atoms with E-state index in [1.165, 1.54) is 39.1 Å². The highest BCUT2D eigenvalue weighted by atomic mass is 16.5. The molecule has 224 valence electrons. The third-order valence-corrected chi connectivity index (χ3v) is 9.23. The number of Topliss-reactive ketones (excluding diaryl/α,β-unsaturated/α-hetero) is 1. The number of anilines is 1. The van der Waals surface area contributed by atoms with Gasteiger partial charge in [-0.1, -0.05) is 56.9 Å². The van der Waals surface area contributed by atoms with Gasteiger partial charge in [-0.25, -0.2) is 0 Å². The number of hydrogen-bond acceptors (Lipinski definition) is 5. The first kappa shape index (κ1) is 29.9. The van der Waals surface area contributed by atoms with Gasteiger partial charge in [0.1, 0.15) is 0 Å². The molecule has 1 aromatic carbocycles. The lowest BCUT2D eigenvalue weighted by atomic mass is 9.66. The Morgan fingerprint density at radius 3 is 2.60 bits per heavy atom. The fourth-order valence-electron chi connectivity index (χ4n) is 6.79. The molecule has 1 aliphatic heterocycles. The monoisotopic (exact) mass is 567 g/mol. The summed E-state index contributed by atoms with van der Waals surface area (Å²) in [7, 11) is 1.69. The van der Waals surface area contributed by atoms with Gasteiger partial charge < -0.3 is 9.64 Å². The van der Waals surface area contributed by atoms with Crippen LogP contribution in [0.15, 0.2) is 87.1 Å². The van der Waals surface area contributed by atoms with Crippen molar-refractivity contribution >= 4 is 29.5 Å². The SMILES string of the molecule is C=C1CCC(C(/C=N\C(C)=C(\C=NC)C(=O)C(=C)Cc2cc3c(cc2N2CCOCC2)C2=C(C=C2)C(C)(C)C3)=C/C)C1.[HH].[HH]. The van der Waals surface area contributed by atoms with Crippen LogP contribution in [-0.2, 0) is 22.4 Å². The molecule has 5 heteroatoms. The summed E-state index contributed by atoms with van der Waals surface area (Å²) in [5.41, 5.74) is 12.1. The Labute approximate surface area is 254 Å². The number of carbonyl (C=O) groups excluding carboxylic acids is 1. The van der Waals surface area contributed by atoms with Crippen LogP contribution in [-0.4, -0.2) is 51.6 Å². The molecule has 1 aromatic rings. The van der Waals surface area contributed by atoms with E-state index in [1.54, 1.807) is 13.3 Å². The van der Waals surface area contributed by atoms with Crippen molar-refractivity contribution in [2.24, 2.45) is 21.3 Å². The zero-order valence-electron chi connectivity index (χ0n) is 26.1. The molecule has 4 aliphatic rings. The molecule has 3 aliphatic carbocycles. The van der Waals surface area contributed by atoms with Crippen LogP contribution in [0.5, 0.6) is 0 Å². The molecule has 0 spiro atoms. The van der Waals surface area contributed by atoms with Crippen LogP contribution >= 0.6 is 0 Å². The summed E-state index contributed by atoms with van der Waals surface area (Å²) in [6, 6.07) is 4.67. The maximum absolute atomic E-state index is 13.9. The number of nitrogens with zero attached hydrogens (tertiary/aromatic N) is 3. The van der Waals surface area contributed by atoms with E-state index in [1.807, 2.05) is 20.1 Å². The van der Waals surface area contributed by atoms with Gasteiger partial charge in [0.05, 0.1) is 18.8 Å². The predicted octanol–water partition coefficient (Wildman–Crippen LogP) is 7.94. The van der Waals surface area contributed by atoms with Crippen molar-refractivity contribution in [1.82, 2.24) is 0 Å². The van der Waals surface area contributed by atoms with E-state index >= 15 is 0 Å². The van der Waals surface area contributed by atoms with E-state index < -0.39 is 0 Å². The number of allylic oxidation sites excluding steroid dienone is 10. The number of benzene rings is 1. The van der Waals surface area contributed by atoms with Crippen molar-refractivity contribution in [3.8, 4) is 0 Å². The number of fused-ring (bicyclic) bond motifs is 2. The van der Waals surface area contributed by atoms with Gasteiger partial charge in [0.2, 0.25) is 0 Å². The Bertz CT molecular complexity index is 1500. The minimum atomic E-state index is -0.107. The van der Waals surface area contributed by atoms with E-state index in [2.05, 4.69) is 67.3 Å². The van der Waals surface area contributed by atoms with Crippen molar-refractivity contribution < 1.29 is 12.4 Å². The van der Waals surface area contributed by atoms with Crippen LogP contribution in [0.3, 0.4) is 0 Å². The molecule has 0 bridgehead atoms. The number of hydrogen-bond donors (Lipinski definition) is 0. The molecule has 5 rings (SSSR count). The molecule has 0 aromatic heterocycles. The van der Waals surface area contributed by atoms with Crippen LogP contribution in [0.4, 0.5) is 5.69 Å². The smallest absolute Gasteiger partial charge is 0.192 e. The quantitative estimate of drug-likeness (QED) is 0.173. The molecule has 1 unspecified atom stereocenters. The molecule has 2 fully saturated rings. The first-order valence-corrected chi connectivity index (χ1v) is 15.3. The van der Waals surface area contributed by atoms with Crippen LogP contribution in [0.1, 0.15) is 66.5 Å². The lowest BCUT2D eigenvalue weighted by Gasteiger charge is -2.40. The van der Waals surface area contributed by atoms with Gasteiger partial charge >= 0.3 is 0 Å². The maximum Gasteiger partial charge on any atom is 0.192 e. The zero-order valence-corrected chi connectivity index (χ0v) is 26.1. The summed E-state index contributed by atoms with van der Waals surface area (Å²) in [4.78, 5) is 25.2. The number of aliphatic imine (C=N–C) groups is 2. The topological polar surface area (TPSA) is 54.3 Å². The minimum Gasteiger partial charge on any atom is -0.378 e. The highest BCUT2D eigenvalue weighted by Gasteiger charge is 2.35. The average molecular weight is 568 g/mol. The van der Waals surface area contributed by atoms with Gasteiger partial charge in [0.25, 0.3) is 0 Å². The van der Waals surface area contributed by atoms with E-state index in [0.29, 0.717) is 42.4 Å². The van der Waals surface area contributed by atoms with E-state index in [-0.39, 0.29) is 14.1 Å². The lowest BCUT2D eigenvalue weighted by molar-refractivity contribution is -0.111. The molecule has 0 N–H and O–H groups in total. The summed E-state index contributed by atoms with van der Waals surface area (Å²) in [6.45, 7) is 20.1. The number of ether oxygens (including phenoxy) is 1. The zero-order chi connectivity index (χ0) is 30.0. The predicted molar refractivity (Wildman–Crippen MR) is 181 cm³/mol. The Hall–Kier alpha value is -3.57. The normalized spacial score (nSPS) is 22.4. The molecule has 1 atom stereocenters. The van der Waals surface area contributed by atoms with Crippen molar-refractivity contribution in [1.29, 1.82) is 0 Å². The molecule has 1 saturated heterocycles. The first-order valence-electron chi connectivity index (χ1n) is 15.3. The largest absolute Gasteiger partial charge is 0.378 e. The van der Waals surface area contributed by atoms with Gasteiger partial charge in [-0.3, -0.25) is 14.8 Å².